The summed E-state index contributed by atoms with van der Waals surface area (Å²) >= 11 is 1.54. The molecule has 2 aromatic rings. The van der Waals surface area contributed by atoms with Gasteiger partial charge in [-0.05, 0) is 50.2 Å². The summed E-state index contributed by atoms with van der Waals surface area (Å²) in [6, 6.07) is 8.61. The van der Waals surface area contributed by atoms with E-state index in [1.807, 2.05) is 6.92 Å². The summed E-state index contributed by atoms with van der Waals surface area (Å²) in [6.07, 6.45) is 3.27. The van der Waals surface area contributed by atoms with Crippen LogP contribution in [0.1, 0.15) is 55.2 Å². The van der Waals surface area contributed by atoms with E-state index in [0.717, 1.165) is 36.7 Å². The molecule has 1 N–H and O–H groups in total. The lowest BCUT2D eigenvalue weighted by molar-refractivity contribution is -0.119. The Balaban J connectivity index is 1.63. The van der Waals surface area contributed by atoms with Crippen molar-refractivity contribution in [2.24, 2.45) is 5.92 Å². The van der Waals surface area contributed by atoms with Crippen LogP contribution in [0, 0.1) is 19.8 Å². The van der Waals surface area contributed by atoms with E-state index in [1.54, 1.807) is 11.8 Å². The van der Waals surface area contributed by atoms with Gasteiger partial charge in [-0.1, -0.05) is 49.9 Å². The maximum absolute atomic E-state index is 12.6. The smallest absolute Gasteiger partial charge is 0.230 e. The molecule has 1 atom stereocenters. The Bertz CT molecular complexity index is 782. The number of aryl methyl sites for hydroxylation is 2. The van der Waals surface area contributed by atoms with Crippen molar-refractivity contribution in [2.75, 3.05) is 5.75 Å². The first kappa shape index (κ1) is 19.0. The number of carbonyl (C=O) groups is 1. The van der Waals surface area contributed by atoms with E-state index in [-0.39, 0.29) is 11.9 Å². The molecule has 1 aromatic heterocycles. The van der Waals surface area contributed by atoms with Crippen LogP contribution in [0.5, 0.6) is 0 Å². The van der Waals surface area contributed by atoms with E-state index < -0.39 is 0 Å². The van der Waals surface area contributed by atoms with Crippen LogP contribution in [-0.2, 0) is 17.8 Å². The van der Waals surface area contributed by atoms with Crippen molar-refractivity contribution in [1.29, 1.82) is 0 Å². The van der Waals surface area contributed by atoms with E-state index in [2.05, 4.69) is 59.9 Å². The number of hydrogen-bond donors (Lipinski definition) is 1. The molecule has 0 aliphatic heterocycles. The summed E-state index contributed by atoms with van der Waals surface area (Å²) in [7, 11) is 0. The van der Waals surface area contributed by atoms with Crippen molar-refractivity contribution >= 4 is 17.7 Å². The van der Waals surface area contributed by atoms with Gasteiger partial charge in [0.25, 0.3) is 0 Å². The molecule has 0 bridgehead atoms. The lowest BCUT2D eigenvalue weighted by atomic mass is 9.88. The van der Waals surface area contributed by atoms with Gasteiger partial charge in [0.1, 0.15) is 0 Å². The molecule has 0 spiro atoms. The number of imidazole rings is 1. The van der Waals surface area contributed by atoms with Crippen LogP contribution >= 0.6 is 11.8 Å². The Morgan fingerprint density at radius 1 is 1.35 bits per heavy atom. The topological polar surface area (TPSA) is 46.9 Å². The largest absolute Gasteiger partial charge is 0.349 e. The van der Waals surface area contributed by atoms with Crippen molar-refractivity contribution in [2.45, 2.75) is 64.7 Å². The molecular weight excluding hydrogens is 342 g/mol. The highest BCUT2D eigenvalue weighted by Gasteiger charge is 2.22. The average molecular weight is 372 g/mol. The van der Waals surface area contributed by atoms with Crippen molar-refractivity contribution in [1.82, 2.24) is 14.9 Å². The standard InChI is InChI=1S/C21H29N3OS/c1-14(2)12-24-16(4)15(3)22-21(24)26-13-20(25)23-19-11-7-9-17-8-5-6-10-18(17)19/h5-6,8,10,14,19H,7,9,11-13H2,1-4H3,(H,23,25). The Kier molecular flexibility index (Phi) is 6.07. The zero-order valence-corrected chi connectivity index (χ0v) is 17.0. The summed E-state index contributed by atoms with van der Waals surface area (Å²) in [5.41, 5.74) is 4.90. The molecule has 0 radical (unpaired) electrons. The number of hydrogen-bond acceptors (Lipinski definition) is 3. The molecule has 5 heteroatoms. The highest BCUT2D eigenvalue weighted by Crippen LogP contribution is 2.30. The van der Waals surface area contributed by atoms with Gasteiger partial charge in [0.15, 0.2) is 5.16 Å². The highest BCUT2D eigenvalue weighted by atomic mass is 32.2. The SMILES string of the molecule is Cc1nc(SCC(=O)NC2CCCc3ccccc32)n(CC(C)C)c1C. The zero-order chi connectivity index (χ0) is 18.7. The fourth-order valence-corrected chi connectivity index (χ4v) is 4.50. The average Bonchev–Trinajstić information content (AvgIpc) is 2.87. The van der Waals surface area contributed by atoms with Crippen LogP contribution in [0.2, 0.25) is 0 Å². The fourth-order valence-electron chi connectivity index (χ4n) is 3.58. The number of amides is 1. The molecule has 0 fully saturated rings. The van der Waals surface area contributed by atoms with Crippen LogP contribution in [0.25, 0.3) is 0 Å². The Morgan fingerprint density at radius 2 is 2.12 bits per heavy atom. The lowest BCUT2D eigenvalue weighted by Gasteiger charge is -2.26. The molecule has 0 saturated heterocycles. The molecule has 1 heterocycles. The number of rotatable bonds is 6. The van der Waals surface area contributed by atoms with Crippen molar-refractivity contribution < 1.29 is 4.79 Å². The molecule has 3 rings (SSSR count). The lowest BCUT2D eigenvalue weighted by Crippen LogP contribution is -2.32. The Labute approximate surface area is 160 Å². The molecule has 26 heavy (non-hydrogen) atoms. The van der Waals surface area contributed by atoms with Gasteiger partial charge < -0.3 is 9.88 Å². The Morgan fingerprint density at radius 3 is 2.88 bits per heavy atom. The quantitative estimate of drug-likeness (QED) is 0.764. The third-order valence-electron chi connectivity index (χ3n) is 5.01. The normalized spacial score (nSPS) is 16.6. The molecule has 1 amide bonds. The van der Waals surface area contributed by atoms with Crippen LogP contribution in [-0.4, -0.2) is 21.2 Å². The maximum atomic E-state index is 12.6. The molecule has 140 valence electrons. The van der Waals surface area contributed by atoms with Gasteiger partial charge in [-0.2, -0.15) is 0 Å². The third kappa shape index (κ3) is 4.32. The van der Waals surface area contributed by atoms with Crippen LogP contribution in [0.4, 0.5) is 0 Å². The van der Waals surface area contributed by atoms with Gasteiger partial charge >= 0.3 is 0 Å². The number of carbonyl (C=O) groups excluding carboxylic acids is 1. The second-order valence-electron chi connectivity index (χ2n) is 7.57. The summed E-state index contributed by atoms with van der Waals surface area (Å²) in [5, 5.41) is 4.18. The molecule has 1 aliphatic carbocycles. The monoisotopic (exact) mass is 371 g/mol. The number of benzene rings is 1. The van der Waals surface area contributed by atoms with E-state index in [9.17, 15) is 4.79 Å². The second kappa shape index (κ2) is 8.30. The van der Waals surface area contributed by atoms with Gasteiger partial charge in [0, 0.05) is 12.2 Å². The van der Waals surface area contributed by atoms with Crippen molar-refractivity contribution in [3.05, 3.63) is 46.8 Å². The minimum absolute atomic E-state index is 0.0890. The minimum Gasteiger partial charge on any atom is -0.349 e. The van der Waals surface area contributed by atoms with E-state index >= 15 is 0 Å². The van der Waals surface area contributed by atoms with Gasteiger partial charge in [-0.25, -0.2) is 4.98 Å². The van der Waals surface area contributed by atoms with E-state index in [4.69, 9.17) is 0 Å². The van der Waals surface area contributed by atoms with Gasteiger partial charge in [0.2, 0.25) is 5.91 Å². The van der Waals surface area contributed by atoms with Crippen molar-refractivity contribution in [3.8, 4) is 0 Å². The number of nitrogens with zero attached hydrogens (tertiary/aromatic N) is 2. The molecular formula is C21H29N3OS. The number of fused-ring (bicyclic) bond motifs is 1. The van der Waals surface area contributed by atoms with Gasteiger partial charge in [0.05, 0.1) is 17.5 Å². The minimum atomic E-state index is 0.0890. The summed E-state index contributed by atoms with van der Waals surface area (Å²) in [5.74, 6) is 1.05. The fraction of sp³-hybridized carbons (Fsp3) is 0.524. The zero-order valence-electron chi connectivity index (χ0n) is 16.2. The molecule has 4 nitrogen and oxygen atoms in total. The first-order chi connectivity index (χ1) is 12.5. The van der Waals surface area contributed by atoms with Gasteiger partial charge in [-0.15, -0.1) is 0 Å². The predicted octanol–water partition coefficient (Wildman–Crippen LogP) is 4.44. The molecule has 1 unspecified atom stereocenters. The van der Waals surface area contributed by atoms with Crippen LogP contribution in [0.3, 0.4) is 0 Å². The predicted molar refractivity (Wildman–Crippen MR) is 108 cm³/mol. The summed E-state index contributed by atoms with van der Waals surface area (Å²) in [6.45, 7) is 9.49. The molecule has 1 aliphatic rings. The first-order valence-electron chi connectivity index (χ1n) is 9.49. The van der Waals surface area contributed by atoms with Crippen LogP contribution < -0.4 is 5.32 Å². The van der Waals surface area contributed by atoms with Crippen molar-refractivity contribution in [3.63, 3.8) is 0 Å². The second-order valence-corrected chi connectivity index (χ2v) is 8.51. The van der Waals surface area contributed by atoms with E-state index in [1.165, 1.54) is 16.8 Å². The Hall–Kier alpha value is -1.75. The highest BCUT2D eigenvalue weighted by molar-refractivity contribution is 7.99. The maximum Gasteiger partial charge on any atom is 0.230 e. The summed E-state index contributed by atoms with van der Waals surface area (Å²) < 4.78 is 2.24. The van der Waals surface area contributed by atoms with E-state index in [0.29, 0.717) is 11.7 Å². The van der Waals surface area contributed by atoms with Gasteiger partial charge in [-0.3, -0.25) is 4.79 Å². The number of aromatic nitrogens is 2. The third-order valence-corrected chi connectivity index (χ3v) is 5.98. The van der Waals surface area contributed by atoms with Crippen LogP contribution in [0.15, 0.2) is 29.4 Å². The summed E-state index contributed by atoms with van der Waals surface area (Å²) in [4.78, 5) is 17.2. The molecule has 0 saturated carbocycles. The first-order valence-corrected chi connectivity index (χ1v) is 10.5. The molecule has 1 aromatic carbocycles. The number of nitrogens with one attached hydrogen (secondary N) is 1. The number of thioether (sulfide) groups is 1.